The van der Waals surface area contributed by atoms with Gasteiger partial charge in [0.2, 0.25) is 5.89 Å². The quantitative estimate of drug-likeness (QED) is 0.471. The van der Waals surface area contributed by atoms with Gasteiger partial charge in [-0.3, -0.25) is 9.55 Å². The highest BCUT2D eigenvalue weighted by atomic mass is 32.2. The molecule has 0 aliphatic heterocycles. The first-order valence-electron chi connectivity index (χ1n) is 8.61. The normalized spacial score (nSPS) is 11.0. The summed E-state index contributed by atoms with van der Waals surface area (Å²) in [7, 11) is 0. The Morgan fingerprint density at radius 1 is 1.04 bits per heavy atom. The number of benzene rings is 1. The molecule has 0 saturated heterocycles. The first kappa shape index (κ1) is 17.4. The zero-order valence-corrected chi connectivity index (χ0v) is 15.8. The van der Waals surface area contributed by atoms with Gasteiger partial charge in [0.05, 0.1) is 5.75 Å². The summed E-state index contributed by atoms with van der Waals surface area (Å²) in [6.45, 7) is 4.06. The minimum Gasteiger partial charge on any atom is -0.338 e. The lowest BCUT2D eigenvalue weighted by Crippen LogP contribution is -2.00. The van der Waals surface area contributed by atoms with Gasteiger partial charge in [0.1, 0.15) is 0 Å². The molecule has 0 unspecified atom stereocenters. The number of nitrogens with zero attached hydrogens (tertiary/aromatic N) is 6. The van der Waals surface area contributed by atoms with Gasteiger partial charge >= 0.3 is 0 Å². The van der Waals surface area contributed by atoms with Crippen LogP contribution >= 0.6 is 11.8 Å². The van der Waals surface area contributed by atoms with Gasteiger partial charge in [-0.05, 0) is 31.2 Å². The number of hydrogen-bond acceptors (Lipinski definition) is 7. The fourth-order valence-electron chi connectivity index (χ4n) is 2.60. The highest BCUT2D eigenvalue weighted by Gasteiger charge is 2.17. The molecule has 1 aromatic carbocycles. The third-order valence-corrected chi connectivity index (χ3v) is 4.93. The van der Waals surface area contributed by atoms with E-state index in [0.29, 0.717) is 17.5 Å². The van der Waals surface area contributed by atoms with E-state index in [4.69, 9.17) is 4.52 Å². The molecule has 8 heteroatoms. The van der Waals surface area contributed by atoms with Crippen LogP contribution in [0.1, 0.15) is 24.2 Å². The van der Waals surface area contributed by atoms with Gasteiger partial charge in [0, 0.05) is 30.1 Å². The zero-order valence-electron chi connectivity index (χ0n) is 15.0. The van der Waals surface area contributed by atoms with Gasteiger partial charge in [-0.15, -0.1) is 10.2 Å². The summed E-state index contributed by atoms with van der Waals surface area (Å²) in [6, 6.07) is 12.1. The van der Waals surface area contributed by atoms with Crippen LogP contribution < -0.4 is 0 Å². The molecule has 136 valence electrons. The van der Waals surface area contributed by atoms with Gasteiger partial charge in [-0.1, -0.05) is 41.5 Å². The lowest BCUT2D eigenvalue weighted by Gasteiger charge is -2.10. The van der Waals surface area contributed by atoms with Crippen molar-refractivity contribution in [2.75, 3.05) is 0 Å². The van der Waals surface area contributed by atoms with E-state index in [9.17, 15) is 0 Å². The fourth-order valence-corrected chi connectivity index (χ4v) is 3.39. The molecule has 27 heavy (non-hydrogen) atoms. The third-order valence-electron chi connectivity index (χ3n) is 4.02. The van der Waals surface area contributed by atoms with Gasteiger partial charge in [0.15, 0.2) is 16.8 Å². The van der Waals surface area contributed by atoms with Crippen molar-refractivity contribution in [3.8, 4) is 17.1 Å². The molecule has 0 radical (unpaired) electrons. The smallest absolute Gasteiger partial charge is 0.237 e. The Kier molecular flexibility index (Phi) is 4.97. The van der Waals surface area contributed by atoms with Crippen molar-refractivity contribution in [2.24, 2.45) is 0 Å². The Labute approximate surface area is 160 Å². The molecule has 0 atom stereocenters. The predicted molar refractivity (Wildman–Crippen MR) is 103 cm³/mol. The van der Waals surface area contributed by atoms with Crippen molar-refractivity contribution in [1.82, 2.24) is 29.9 Å². The van der Waals surface area contributed by atoms with Crippen molar-refractivity contribution in [3.63, 3.8) is 0 Å². The van der Waals surface area contributed by atoms with Crippen molar-refractivity contribution in [1.29, 1.82) is 0 Å². The molecule has 0 amide bonds. The fraction of sp³-hybridized carbons (Fsp3) is 0.211. The molecule has 0 aliphatic carbocycles. The second-order valence-electron chi connectivity index (χ2n) is 5.96. The maximum Gasteiger partial charge on any atom is 0.237 e. The summed E-state index contributed by atoms with van der Waals surface area (Å²) in [5.41, 5.74) is 3.15. The number of thioether (sulfide) groups is 1. The largest absolute Gasteiger partial charge is 0.338 e. The molecule has 3 heterocycles. The Balaban J connectivity index is 1.70. The Morgan fingerprint density at radius 3 is 2.52 bits per heavy atom. The number of aryl methyl sites for hydroxylation is 2. The van der Waals surface area contributed by atoms with E-state index in [1.807, 2.05) is 23.6 Å². The second kappa shape index (κ2) is 7.71. The second-order valence-corrected chi connectivity index (χ2v) is 6.90. The molecule has 4 rings (SSSR count). The highest BCUT2D eigenvalue weighted by Crippen LogP contribution is 2.29. The molecule has 0 N–H and O–H groups in total. The van der Waals surface area contributed by atoms with Crippen molar-refractivity contribution in [2.45, 2.75) is 31.2 Å². The highest BCUT2D eigenvalue weighted by molar-refractivity contribution is 7.98. The average Bonchev–Trinajstić information content (AvgIpc) is 3.34. The van der Waals surface area contributed by atoms with Crippen LogP contribution in [0.25, 0.3) is 17.1 Å². The summed E-state index contributed by atoms with van der Waals surface area (Å²) >= 11 is 1.52. The summed E-state index contributed by atoms with van der Waals surface area (Å²) in [4.78, 5) is 8.45. The third kappa shape index (κ3) is 3.75. The van der Waals surface area contributed by atoms with Crippen LogP contribution in [0.4, 0.5) is 0 Å². The lowest BCUT2D eigenvalue weighted by molar-refractivity contribution is 0.385. The van der Waals surface area contributed by atoms with Crippen LogP contribution in [-0.4, -0.2) is 29.9 Å². The first-order chi connectivity index (χ1) is 13.2. The Hall–Kier alpha value is -3.00. The van der Waals surface area contributed by atoms with E-state index in [-0.39, 0.29) is 0 Å². The van der Waals surface area contributed by atoms with Crippen LogP contribution in [-0.2, 0) is 12.2 Å². The van der Waals surface area contributed by atoms with Crippen molar-refractivity contribution >= 4 is 11.8 Å². The topological polar surface area (TPSA) is 82.5 Å². The van der Waals surface area contributed by atoms with Gasteiger partial charge in [-0.2, -0.15) is 4.98 Å². The molecule has 0 fully saturated rings. The Bertz CT molecular complexity index is 1030. The average molecular weight is 378 g/mol. The van der Waals surface area contributed by atoms with E-state index < -0.39 is 0 Å². The number of rotatable bonds is 6. The number of aromatic nitrogens is 6. The SMILES string of the molecule is CCc1noc(CSc2nnc(-c3ccncc3)n2-c2ccc(C)cc2)n1. The number of pyridine rings is 1. The molecule has 7 nitrogen and oxygen atoms in total. The lowest BCUT2D eigenvalue weighted by atomic mass is 10.2. The zero-order chi connectivity index (χ0) is 18.6. The molecule has 3 aromatic heterocycles. The molecule has 0 aliphatic rings. The minimum atomic E-state index is 0.535. The van der Waals surface area contributed by atoms with E-state index >= 15 is 0 Å². The molecule has 0 spiro atoms. The standard InChI is InChI=1S/C19H18N6OS/c1-3-16-21-17(26-24-16)12-27-19-23-22-18(14-8-10-20-11-9-14)25(19)15-6-4-13(2)5-7-15/h4-11H,3,12H2,1-2H3. The van der Waals surface area contributed by atoms with Crippen LogP contribution in [0, 0.1) is 6.92 Å². The van der Waals surface area contributed by atoms with Crippen LogP contribution in [0.15, 0.2) is 58.5 Å². The summed E-state index contributed by atoms with van der Waals surface area (Å²) < 4.78 is 7.32. The number of hydrogen-bond donors (Lipinski definition) is 0. The summed E-state index contributed by atoms with van der Waals surface area (Å²) in [6.07, 6.45) is 4.25. The monoisotopic (exact) mass is 378 g/mol. The van der Waals surface area contributed by atoms with Gasteiger partial charge < -0.3 is 4.52 Å². The van der Waals surface area contributed by atoms with Gasteiger partial charge in [-0.25, -0.2) is 0 Å². The minimum absolute atomic E-state index is 0.535. The van der Waals surface area contributed by atoms with Crippen LogP contribution in [0.2, 0.25) is 0 Å². The van der Waals surface area contributed by atoms with Crippen molar-refractivity contribution < 1.29 is 4.52 Å². The van der Waals surface area contributed by atoms with E-state index in [1.54, 1.807) is 12.4 Å². The molecular weight excluding hydrogens is 360 g/mol. The van der Waals surface area contributed by atoms with E-state index in [0.717, 1.165) is 28.7 Å². The summed E-state index contributed by atoms with van der Waals surface area (Å²) in [5, 5.41) is 13.5. The van der Waals surface area contributed by atoms with Gasteiger partial charge in [0.25, 0.3) is 0 Å². The Morgan fingerprint density at radius 2 is 1.81 bits per heavy atom. The van der Waals surface area contributed by atoms with Crippen molar-refractivity contribution in [3.05, 3.63) is 66.1 Å². The molecule has 0 bridgehead atoms. The maximum absolute atomic E-state index is 5.28. The first-order valence-corrected chi connectivity index (χ1v) is 9.60. The van der Waals surface area contributed by atoms with E-state index in [1.165, 1.54) is 17.3 Å². The maximum atomic E-state index is 5.28. The van der Waals surface area contributed by atoms with Crippen LogP contribution in [0.5, 0.6) is 0 Å². The molecule has 4 aromatic rings. The predicted octanol–water partition coefficient (Wildman–Crippen LogP) is 3.88. The van der Waals surface area contributed by atoms with Crippen LogP contribution in [0.3, 0.4) is 0 Å². The van der Waals surface area contributed by atoms with E-state index in [2.05, 4.69) is 56.5 Å². The molecular formula is C19H18N6OS. The molecule has 0 saturated carbocycles. The summed E-state index contributed by atoms with van der Waals surface area (Å²) in [5.74, 6) is 2.60.